The van der Waals surface area contributed by atoms with E-state index >= 15 is 0 Å². The van der Waals surface area contributed by atoms with Gasteiger partial charge in [0.15, 0.2) is 5.16 Å². The normalized spacial score (nSPS) is 15.0. The molecule has 122 valence electrons. The fourth-order valence-corrected chi connectivity index (χ4v) is 3.75. The number of likely N-dealkylation sites (tertiary alicyclic amines) is 1. The second-order valence-corrected chi connectivity index (χ2v) is 6.95. The molecule has 1 aliphatic heterocycles. The number of carbonyl (C=O) groups is 1. The maximum Gasteiger partial charge on any atom is 0.233 e. The van der Waals surface area contributed by atoms with E-state index in [0.717, 1.165) is 36.8 Å². The van der Waals surface area contributed by atoms with Gasteiger partial charge in [-0.25, -0.2) is 0 Å². The molecule has 0 atom stereocenters. The first-order valence-electron chi connectivity index (χ1n) is 8.03. The van der Waals surface area contributed by atoms with Crippen molar-refractivity contribution in [2.45, 2.75) is 38.3 Å². The van der Waals surface area contributed by atoms with Crippen LogP contribution in [-0.2, 0) is 4.79 Å². The fraction of sp³-hybridized carbons (Fsp3) is 0.471. The second kappa shape index (κ2) is 7.17. The van der Waals surface area contributed by atoms with Crippen LogP contribution in [0.4, 0.5) is 0 Å². The average Bonchev–Trinajstić information content (AvgIpc) is 3.01. The molecule has 0 spiro atoms. The minimum absolute atomic E-state index is 0.199. The number of aryl methyl sites for hydroxylation is 2. The molecule has 1 aliphatic rings. The Labute approximate surface area is 141 Å². The number of aromatic nitrogens is 3. The van der Waals surface area contributed by atoms with Crippen molar-refractivity contribution >= 4 is 17.7 Å². The van der Waals surface area contributed by atoms with E-state index in [0.29, 0.717) is 5.75 Å². The number of thioether (sulfide) groups is 1. The predicted molar refractivity (Wildman–Crippen MR) is 92.0 cm³/mol. The van der Waals surface area contributed by atoms with Gasteiger partial charge in [0.25, 0.3) is 0 Å². The first-order chi connectivity index (χ1) is 11.1. The van der Waals surface area contributed by atoms with Gasteiger partial charge in [0.1, 0.15) is 6.33 Å². The lowest BCUT2D eigenvalue weighted by atomic mass is 10.1. The number of rotatable bonds is 4. The summed E-state index contributed by atoms with van der Waals surface area (Å²) in [6.45, 7) is 5.94. The number of hydrogen-bond donors (Lipinski definition) is 0. The summed E-state index contributed by atoms with van der Waals surface area (Å²) in [6, 6.07) is 6.29. The van der Waals surface area contributed by atoms with Gasteiger partial charge in [-0.15, -0.1) is 10.2 Å². The molecule has 2 aromatic rings. The highest BCUT2D eigenvalue weighted by atomic mass is 32.2. The molecule has 0 bridgehead atoms. The van der Waals surface area contributed by atoms with Crippen LogP contribution in [0.1, 0.15) is 30.4 Å². The zero-order valence-corrected chi connectivity index (χ0v) is 14.5. The first-order valence-corrected chi connectivity index (χ1v) is 9.02. The molecule has 1 aromatic carbocycles. The van der Waals surface area contributed by atoms with Crippen LogP contribution in [-0.4, -0.2) is 44.4 Å². The lowest BCUT2D eigenvalue weighted by Gasteiger charge is -2.26. The van der Waals surface area contributed by atoms with Gasteiger partial charge < -0.3 is 4.90 Å². The predicted octanol–water partition coefficient (Wildman–Crippen LogP) is 2.99. The summed E-state index contributed by atoms with van der Waals surface area (Å²) in [5.74, 6) is 0.619. The van der Waals surface area contributed by atoms with E-state index < -0.39 is 0 Å². The molecule has 2 heterocycles. The quantitative estimate of drug-likeness (QED) is 0.809. The Morgan fingerprint density at radius 1 is 1.22 bits per heavy atom. The van der Waals surface area contributed by atoms with Crippen LogP contribution >= 0.6 is 11.8 Å². The summed E-state index contributed by atoms with van der Waals surface area (Å²) in [5, 5.41) is 8.96. The molecule has 0 saturated carbocycles. The van der Waals surface area contributed by atoms with E-state index in [9.17, 15) is 4.79 Å². The smallest absolute Gasteiger partial charge is 0.233 e. The Morgan fingerprint density at radius 2 is 2.00 bits per heavy atom. The monoisotopic (exact) mass is 330 g/mol. The minimum Gasteiger partial charge on any atom is -0.342 e. The van der Waals surface area contributed by atoms with E-state index in [-0.39, 0.29) is 5.91 Å². The van der Waals surface area contributed by atoms with Crippen LogP contribution in [0.2, 0.25) is 0 Å². The van der Waals surface area contributed by atoms with Crippen molar-refractivity contribution in [1.82, 2.24) is 19.7 Å². The maximum absolute atomic E-state index is 12.3. The molecule has 1 amide bonds. The molecular formula is C17H22N4OS. The lowest BCUT2D eigenvalue weighted by Crippen LogP contribution is -2.36. The van der Waals surface area contributed by atoms with E-state index in [1.54, 1.807) is 6.33 Å². The molecule has 1 fully saturated rings. The molecule has 23 heavy (non-hydrogen) atoms. The van der Waals surface area contributed by atoms with Gasteiger partial charge in [0, 0.05) is 13.1 Å². The third kappa shape index (κ3) is 3.75. The average molecular weight is 330 g/mol. The number of nitrogens with zero attached hydrogens (tertiary/aromatic N) is 4. The van der Waals surface area contributed by atoms with Crippen LogP contribution in [0.3, 0.4) is 0 Å². The van der Waals surface area contributed by atoms with Crippen LogP contribution in [0.5, 0.6) is 0 Å². The molecule has 0 aliphatic carbocycles. The standard InChI is InChI=1S/C17H22N4OS/c1-13-6-7-15(14(2)10-13)21-12-18-19-17(21)23-11-16(22)20-8-4-3-5-9-20/h6-7,10,12H,3-5,8-9,11H2,1-2H3. The maximum atomic E-state index is 12.3. The molecule has 3 rings (SSSR count). The SMILES string of the molecule is Cc1ccc(-n2cnnc2SCC(=O)N2CCCCC2)c(C)c1. The van der Waals surface area contributed by atoms with Crippen molar-refractivity contribution in [2.75, 3.05) is 18.8 Å². The Hall–Kier alpha value is -1.82. The Bertz CT molecular complexity index is 692. The topological polar surface area (TPSA) is 51.0 Å². The van der Waals surface area contributed by atoms with E-state index in [2.05, 4.69) is 42.2 Å². The zero-order chi connectivity index (χ0) is 16.2. The van der Waals surface area contributed by atoms with Crippen LogP contribution < -0.4 is 0 Å². The largest absolute Gasteiger partial charge is 0.342 e. The molecule has 0 unspecified atom stereocenters. The fourth-order valence-electron chi connectivity index (χ4n) is 2.92. The Balaban J connectivity index is 1.70. The summed E-state index contributed by atoms with van der Waals surface area (Å²) in [6.07, 6.45) is 5.19. The summed E-state index contributed by atoms with van der Waals surface area (Å²) in [5.41, 5.74) is 3.47. The second-order valence-electron chi connectivity index (χ2n) is 6.00. The Morgan fingerprint density at radius 3 is 2.74 bits per heavy atom. The number of piperidine rings is 1. The van der Waals surface area contributed by atoms with Crippen molar-refractivity contribution < 1.29 is 4.79 Å². The number of benzene rings is 1. The van der Waals surface area contributed by atoms with Crippen LogP contribution in [0.25, 0.3) is 5.69 Å². The highest BCUT2D eigenvalue weighted by molar-refractivity contribution is 7.99. The van der Waals surface area contributed by atoms with E-state index in [4.69, 9.17) is 0 Å². The third-order valence-corrected chi connectivity index (χ3v) is 5.09. The molecule has 0 radical (unpaired) electrons. The number of hydrogen-bond acceptors (Lipinski definition) is 4. The van der Waals surface area contributed by atoms with E-state index in [1.165, 1.54) is 29.3 Å². The highest BCUT2D eigenvalue weighted by Crippen LogP contribution is 2.23. The van der Waals surface area contributed by atoms with Gasteiger partial charge in [0.05, 0.1) is 11.4 Å². The van der Waals surface area contributed by atoms with E-state index in [1.807, 2.05) is 9.47 Å². The lowest BCUT2D eigenvalue weighted by molar-refractivity contribution is -0.129. The summed E-state index contributed by atoms with van der Waals surface area (Å²) < 4.78 is 1.96. The summed E-state index contributed by atoms with van der Waals surface area (Å²) in [4.78, 5) is 14.3. The van der Waals surface area contributed by atoms with Crippen molar-refractivity contribution in [1.29, 1.82) is 0 Å². The number of carbonyl (C=O) groups excluding carboxylic acids is 1. The molecule has 6 heteroatoms. The zero-order valence-electron chi connectivity index (χ0n) is 13.7. The molecule has 5 nitrogen and oxygen atoms in total. The van der Waals surface area contributed by atoms with Gasteiger partial charge in [-0.1, -0.05) is 29.5 Å². The third-order valence-electron chi connectivity index (χ3n) is 4.16. The van der Waals surface area contributed by atoms with Crippen molar-refractivity contribution in [3.05, 3.63) is 35.7 Å². The molecule has 1 aromatic heterocycles. The van der Waals surface area contributed by atoms with Gasteiger partial charge in [0.2, 0.25) is 5.91 Å². The van der Waals surface area contributed by atoms with Gasteiger partial charge in [-0.05, 0) is 44.7 Å². The van der Waals surface area contributed by atoms with Crippen LogP contribution in [0, 0.1) is 13.8 Å². The van der Waals surface area contributed by atoms with Gasteiger partial charge in [-0.2, -0.15) is 0 Å². The molecule has 0 N–H and O–H groups in total. The van der Waals surface area contributed by atoms with Crippen molar-refractivity contribution in [3.63, 3.8) is 0 Å². The Kier molecular flexibility index (Phi) is 5.00. The summed E-state index contributed by atoms with van der Waals surface area (Å²) in [7, 11) is 0. The number of amides is 1. The van der Waals surface area contributed by atoms with Crippen molar-refractivity contribution in [3.8, 4) is 5.69 Å². The molecular weight excluding hydrogens is 308 g/mol. The van der Waals surface area contributed by atoms with Crippen molar-refractivity contribution in [2.24, 2.45) is 0 Å². The minimum atomic E-state index is 0.199. The van der Waals surface area contributed by atoms with Crippen LogP contribution in [0.15, 0.2) is 29.7 Å². The van der Waals surface area contributed by atoms with Gasteiger partial charge in [-0.3, -0.25) is 9.36 Å². The highest BCUT2D eigenvalue weighted by Gasteiger charge is 2.18. The first kappa shape index (κ1) is 16.1. The summed E-state index contributed by atoms with van der Waals surface area (Å²) >= 11 is 1.46. The van der Waals surface area contributed by atoms with Gasteiger partial charge >= 0.3 is 0 Å². The molecule has 1 saturated heterocycles.